The monoisotopic (exact) mass is 485 g/mol. The smallest absolute Gasteiger partial charge is 0.365 e. The maximum atomic E-state index is 15.0. The van der Waals surface area contributed by atoms with Gasteiger partial charge in [0.05, 0.1) is 11.2 Å². The minimum Gasteiger partial charge on any atom is -0.365 e. The van der Waals surface area contributed by atoms with Crippen molar-refractivity contribution in [2.45, 2.75) is 12.7 Å². The summed E-state index contributed by atoms with van der Waals surface area (Å²) in [6, 6.07) is 5.01. The minimum atomic E-state index is -4.98. The molecule has 1 amide bonds. The molecule has 0 spiro atoms. The van der Waals surface area contributed by atoms with Crippen LogP contribution in [0.5, 0.6) is 0 Å². The van der Waals surface area contributed by atoms with Crippen LogP contribution in [0.1, 0.15) is 25.9 Å². The zero-order valence-corrected chi connectivity index (χ0v) is 17.3. The topological polar surface area (TPSA) is 94.2 Å². The second kappa shape index (κ2) is 8.97. The van der Waals surface area contributed by atoms with Crippen LogP contribution in [0.2, 0.25) is 0 Å². The summed E-state index contributed by atoms with van der Waals surface area (Å²) in [5.74, 6) is -2.89. The van der Waals surface area contributed by atoms with E-state index < -0.39 is 53.3 Å². The van der Waals surface area contributed by atoms with Crippen molar-refractivity contribution in [2.75, 3.05) is 38.1 Å². The first-order valence-electron chi connectivity index (χ1n) is 11.5. The molecule has 1 aliphatic heterocycles. The maximum Gasteiger partial charge on any atom is 0.438 e. The van der Waals surface area contributed by atoms with Crippen LogP contribution in [0, 0.1) is 11.8 Å². The highest BCUT2D eigenvalue weighted by Crippen LogP contribution is 2.27. The fraction of sp³-hybridized carbons (Fsp3) is 0.333. The van der Waals surface area contributed by atoms with Gasteiger partial charge in [0.15, 0.2) is 5.82 Å². The number of carbonyl (C=O) groups is 1. The number of halogens is 5. The molecular weight excluding hydrogens is 463 g/mol. The highest BCUT2D eigenvalue weighted by atomic mass is 19.4. The van der Waals surface area contributed by atoms with Gasteiger partial charge in [-0.15, -0.1) is 0 Å². The first-order chi connectivity index (χ1) is 17.2. The Balaban J connectivity index is 1.43. The average molecular weight is 485 g/mol. The van der Waals surface area contributed by atoms with Crippen molar-refractivity contribution < 1.29 is 30.9 Å². The Morgan fingerprint density at radius 2 is 1.88 bits per heavy atom. The molecule has 1 aromatic carbocycles. The Morgan fingerprint density at radius 3 is 2.53 bits per heavy atom. The lowest BCUT2D eigenvalue weighted by molar-refractivity contribution is -0.142. The number of hydrogen-bond donors (Lipinski definition) is 2. The van der Waals surface area contributed by atoms with Crippen LogP contribution in [-0.2, 0) is 12.7 Å². The van der Waals surface area contributed by atoms with E-state index in [0.29, 0.717) is 26.2 Å². The molecule has 34 heavy (non-hydrogen) atoms. The lowest BCUT2D eigenvalue weighted by Crippen LogP contribution is -2.46. The van der Waals surface area contributed by atoms with Crippen molar-refractivity contribution in [3.63, 3.8) is 0 Å². The van der Waals surface area contributed by atoms with Gasteiger partial charge in [0.2, 0.25) is 11.6 Å². The normalized spacial score (nSPS) is 16.7. The number of alkyl halides is 3. The van der Waals surface area contributed by atoms with Gasteiger partial charge < -0.3 is 15.2 Å². The van der Waals surface area contributed by atoms with E-state index in [1.807, 2.05) is 9.88 Å². The van der Waals surface area contributed by atoms with Gasteiger partial charge in [-0.1, -0.05) is 6.07 Å². The molecule has 3 aromatic rings. The number of nitrogens with zero attached hydrogens (tertiary/aromatic N) is 4. The van der Waals surface area contributed by atoms with Crippen LogP contribution in [0.4, 0.5) is 27.6 Å². The molecule has 180 valence electrons. The molecule has 3 heterocycles. The number of rotatable bonds is 4. The maximum absolute atomic E-state index is 15.0. The van der Waals surface area contributed by atoms with Gasteiger partial charge in [-0.2, -0.15) is 17.6 Å². The van der Waals surface area contributed by atoms with Gasteiger partial charge in [-0.3, -0.25) is 14.5 Å². The molecule has 0 bridgehead atoms. The molecule has 4 rings (SSSR count). The number of nitrogens with one attached hydrogen (secondary N) is 2. The number of aromatic amines is 1. The highest BCUT2D eigenvalue weighted by molar-refractivity contribution is 5.92. The molecule has 0 unspecified atom stereocenters. The summed E-state index contributed by atoms with van der Waals surface area (Å²) >= 11 is 0. The molecule has 1 fully saturated rings. The van der Waals surface area contributed by atoms with E-state index in [9.17, 15) is 31.5 Å². The number of amides is 1. The summed E-state index contributed by atoms with van der Waals surface area (Å²) in [6.07, 6.45) is -4.98. The van der Waals surface area contributed by atoms with Gasteiger partial charge in [-0.05, 0) is 18.2 Å². The first kappa shape index (κ1) is 19.8. The predicted molar refractivity (Wildman–Crippen MR) is 112 cm³/mol. The molecule has 13 heteroatoms. The van der Waals surface area contributed by atoms with E-state index in [1.165, 1.54) is 24.3 Å². The van der Waals surface area contributed by atoms with Crippen LogP contribution < -0.4 is 15.8 Å². The molecule has 8 nitrogen and oxygen atoms in total. The standard InChI is InChI=1S/C21H19F5N6O2/c1-27-19(33)13-4-5-14(18(23)29-13)32-8-6-31(7-9-32)10-11-2-3-12-16(15(11)22)30-20(34)17(28-12)21(24,25)26/h2-5H,6-10H2,1H3,(H,27,33)(H,30,34)/i1D3. The second-order valence-corrected chi connectivity index (χ2v) is 7.57. The number of aromatic nitrogens is 3. The number of carbonyl (C=O) groups excluding carboxylic acids is 1. The molecule has 0 radical (unpaired) electrons. The van der Waals surface area contributed by atoms with Crippen molar-refractivity contribution in [3.8, 4) is 0 Å². The summed E-state index contributed by atoms with van der Waals surface area (Å²) in [5, 5.41) is 1.73. The lowest BCUT2D eigenvalue weighted by atomic mass is 10.1. The minimum absolute atomic E-state index is 0.0770. The number of benzene rings is 1. The Kier molecular flexibility index (Phi) is 5.23. The lowest BCUT2D eigenvalue weighted by Gasteiger charge is -2.36. The SMILES string of the molecule is [2H]C([2H])([2H])NC(=O)c1ccc(N2CCN(Cc3ccc4nc(C(F)(F)F)c(=O)[nH]c4c3F)CC2)c(F)n1. The third kappa shape index (κ3) is 4.55. The summed E-state index contributed by atoms with van der Waals surface area (Å²) in [7, 11) is 0. The molecule has 0 atom stereocenters. The van der Waals surface area contributed by atoms with Gasteiger partial charge in [0.25, 0.3) is 11.5 Å². The van der Waals surface area contributed by atoms with E-state index in [0.717, 1.165) is 0 Å². The van der Waals surface area contributed by atoms with Crippen molar-refractivity contribution in [1.82, 2.24) is 25.2 Å². The fourth-order valence-corrected chi connectivity index (χ4v) is 3.72. The van der Waals surface area contributed by atoms with E-state index in [4.69, 9.17) is 4.11 Å². The summed E-state index contributed by atoms with van der Waals surface area (Å²) in [5.41, 5.74) is -4.11. The number of hydrogen-bond acceptors (Lipinski definition) is 6. The Hall–Kier alpha value is -3.61. The van der Waals surface area contributed by atoms with Crippen LogP contribution in [0.15, 0.2) is 29.1 Å². The van der Waals surface area contributed by atoms with E-state index in [2.05, 4.69) is 9.97 Å². The van der Waals surface area contributed by atoms with Crippen molar-refractivity contribution in [3.05, 3.63) is 63.3 Å². The quantitative estimate of drug-likeness (QED) is 0.435. The summed E-state index contributed by atoms with van der Waals surface area (Å²) < 4.78 is 89.4. The van der Waals surface area contributed by atoms with E-state index in [-0.39, 0.29) is 23.3 Å². The molecule has 2 aromatic heterocycles. The molecule has 0 aliphatic carbocycles. The molecule has 0 saturated carbocycles. The second-order valence-electron chi connectivity index (χ2n) is 7.57. The molecule has 2 N–H and O–H groups in total. The van der Waals surface area contributed by atoms with Crippen LogP contribution >= 0.6 is 0 Å². The highest BCUT2D eigenvalue weighted by Gasteiger charge is 2.36. The number of anilines is 1. The van der Waals surface area contributed by atoms with Gasteiger partial charge in [0, 0.05) is 49.4 Å². The fourth-order valence-electron chi connectivity index (χ4n) is 3.72. The molecular formula is C21H19F5N6O2. The number of H-pyrrole nitrogens is 1. The number of fused-ring (bicyclic) bond motifs is 1. The Bertz CT molecular complexity index is 1400. The largest absolute Gasteiger partial charge is 0.438 e. The van der Waals surface area contributed by atoms with Gasteiger partial charge in [-0.25, -0.2) is 14.4 Å². The zero-order chi connectivity index (χ0) is 27.1. The van der Waals surface area contributed by atoms with Gasteiger partial charge >= 0.3 is 6.18 Å². The van der Waals surface area contributed by atoms with Gasteiger partial charge in [0.1, 0.15) is 11.2 Å². The average Bonchev–Trinajstić information content (AvgIpc) is 2.80. The third-order valence-electron chi connectivity index (χ3n) is 5.44. The third-order valence-corrected chi connectivity index (χ3v) is 5.44. The van der Waals surface area contributed by atoms with E-state index >= 15 is 0 Å². The Morgan fingerprint density at radius 1 is 1.15 bits per heavy atom. The Labute approximate surface area is 193 Å². The van der Waals surface area contributed by atoms with Crippen molar-refractivity contribution >= 4 is 22.6 Å². The van der Waals surface area contributed by atoms with Crippen molar-refractivity contribution in [2.24, 2.45) is 0 Å². The predicted octanol–water partition coefficient (Wildman–Crippen LogP) is 2.30. The number of pyridine rings is 1. The van der Waals surface area contributed by atoms with Crippen LogP contribution in [0.25, 0.3) is 11.0 Å². The molecule has 1 saturated heterocycles. The van der Waals surface area contributed by atoms with Crippen LogP contribution in [-0.4, -0.2) is 58.9 Å². The zero-order valence-electron chi connectivity index (χ0n) is 20.3. The van der Waals surface area contributed by atoms with E-state index in [1.54, 1.807) is 10.2 Å². The summed E-state index contributed by atoms with van der Waals surface area (Å²) in [6.45, 7) is -1.33. The van der Waals surface area contributed by atoms with Crippen LogP contribution in [0.3, 0.4) is 0 Å². The van der Waals surface area contributed by atoms with Crippen molar-refractivity contribution in [1.29, 1.82) is 0 Å². The first-order valence-corrected chi connectivity index (χ1v) is 9.98. The molecule has 1 aliphatic rings. The summed E-state index contributed by atoms with van der Waals surface area (Å²) in [4.78, 5) is 35.8. The number of piperazine rings is 1.